The van der Waals surface area contributed by atoms with E-state index in [1.165, 1.54) is 24.4 Å². The molecule has 6 nitrogen and oxygen atoms in total. The summed E-state index contributed by atoms with van der Waals surface area (Å²) in [7, 11) is 0. The summed E-state index contributed by atoms with van der Waals surface area (Å²) in [5, 5.41) is 9.13. The number of hydrogen-bond acceptors (Lipinski definition) is 4. The Bertz CT molecular complexity index is 719. The molecular weight excluding hydrogens is 260 g/mol. The van der Waals surface area contributed by atoms with Crippen molar-refractivity contribution in [3.8, 4) is 0 Å². The van der Waals surface area contributed by atoms with Crippen LogP contribution in [-0.4, -0.2) is 27.9 Å². The third kappa shape index (κ3) is 1.58. The van der Waals surface area contributed by atoms with Crippen LogP contribution in [0.1, 0.15) is 31.1 Å². The molecule has 20 heavy (non-hydrogen) atoms. The molecule has 1 aromatic carbocycles. The Morgan fingerprint density at radius 3 is 2.20 bits per heavy atom. The van der Waals surface area contributed by atoms with Gasteiger partial charge in [-0.25, -0.2) is 9.69 Å². The highest BCUT2D eigenvalue weighted by atomic mass is 16.4. The van der Waals surface area contributed by atoms with E-state index in [-0.39, 0.29) is 22.4 Å². The maximum absolute atomic E-state index is 12.3. The Kier molecular flexibility index (Phi) is 2.57. The first-order chi connectivity index (χ1) is 9.61. The van der Waals surface area contributed by atoms with Crippen molar-refractivity contribution < 1.29 is 19.5 Å². The maximum atomic E-state index is 12.3. The molecule has 1 aliphatic heterocycles. The molecule has 0 atom stereocenters. The fraction of sp³-hybridized carbons (Fsp3) is 0. The molecule has 0 saturated carbocycles. The molecule has 2 amide bonds. The van der Waals surface area contributed by atoms with Gasteiger partial charge in [0.1, 0.15) is 5.56 Å². The van der Waals surface area contributed by atoms with Gasteiger partial charge in [-0.3, -0.25) is 14.6 Å². The number of nitrogens with zero attached hydrogens (tertiary/aromatic N) is 2. The zero-order valence-corrected chi connectivity index (χ0v) is 10.1. The van der Waals surface area contributed by atoms with Crippen molar-refractivity contribution in [1.29, 1.82) is 0 Å². The highest BCUT2D eigenvalue weighted by Gasteiger charge is 2.38. The average Bonchev–Trinajstić information content (AvgIpc) is 2.71. The van der Waals surface area contributed by atoms with Crippen molar-refractivity contribution in [3.63, 3.8) is 0 Å². The molecule has 0 unspecified atom stereocenters. The van der Waals surface area contributed by atoms with Gasteiger partial charge in [-0.2, -0.15) is 0 Å². The van der Waals surface area contributed by atoms with Gasteiger partial charge in [-0.15, -0.1) is 0 Å². The summed E-state index contributed by atoms with van der Waals surface area (Å²) in [6, 6.07) is 7.72. The molecule has 3 rings (SSSR count). The fourth-order valence-corrected chi connectivity index (χ4v) is 2.15. The summed E-state index contributed by atoms with van der Waals surface area (Å²) < 4.78 is 0. The molecule has 0 spiro atoms. The van der Waals surface area contributed by atoms with Crippen LogP contribution in [0.25, 0.3) is 0 Å². The van der Waals surface area contributed by atoms with Crippen molar-refractivity contribution in [2.24, 2.45) is 0 Å². The number of benzene rings is 1. The van der Waals surface area contributed by atoms with Crippen molar-refractivity contribution in [2.75, 3.05) is 4.90 Å². The van der Waals surface area contributed by atoms with E-state index >= 15 is 0 Å². The van der Waals surface area contributed by atoms with E-state index < -0.39 is 17.8 Å². The first-order valence-corrected chi connectivity index (χ1v) is 5.76. The molecule has 0 radical (unpaired) electrons. The van der Waals surface area contributed by atoms with E-state index in [9.17, 15) is 14.4 Å². The van der Waals surface area contributed by atoms with Crippen LogP contribution in [0.15, 0.2) is 42.7 Å². The summed E-state index contributed by atoms with van der Waals surface area (Å²) in [5.41, 5.74) is 0.372. The first-order valence-electron chi connectivity index (χ1n) is 5.76. The molecular formula is C14H8N2O4. The molecule has 98 valence electrons. The van der Waals surface area contributed by atoms with Gasteiger partial charge in [0.15, 0.2) is 0 Å². The third-order valence-electron chi connectivity index (χ3n) is 3.06. The molecule has 2 aromatic rings. The van der Waals surface area contributed by atoms with Crippen LogP contribution in [0.2, 0.25) is 0 Å². The van der Waals surface area contributed by atoms with Crippen LogP contribution in [0, 0.1) is 0 Å². The highest BCUT2D eigenvalue weighted by Crippen LogP contribution is 2.30. The Morgan fingerprint density at radius 2 is 1.65 bits per heavy atom. The maximum Gasteiger partial charge on any atom is 0.339 e. The molecule has 0 fully saturated rings. The van der Waals surface area contributed by atoms with Crippen LogP contribution in [0.3, 0.4) is 0 Å². The SMILES string of the molecule is O=C(O)c1cnccc1N1C(=O)c2ccccc2C1=O. The third-order valence-corrected chi connectivity index (χ3v) is 3.06. The number of carboxylic acid groups (broad SMARTS) is 1. The van der Waals surface area contributed by atoms with Crippen molar-refractivity contribution in [1.82, 2.24) is 4.98 Å². The number of hydrogen-bond donors (Lipinski definition) is 1. The normalized spacial score (nSPS) is 13.5. The number of amides is 2. The quantitative estimate of drug-likeness (QED) is 0.835. The number of aromatic nitrogens is 1. The number of anilines is 1. The zero-order chi connectivity index (χ0) is 14.3. The van der Waals surface area contributed by atoms with Gasteiger partial charge in [0.2, 0.25) is 0 Å². The lowest BCUT2D eigenvalue weighted by Crippen LogP contribution is -2.31. The van der Waals surface area contributed by atoms with E-state index in [0.717, 1.165) is 11.1 Å². The Morgan fingerprint density at radius 1 is 1.05 bits per heavy atom. The van der Waals surface area contributed by atoms with Gasteiger partial charge in [0.25, 0.3) is 11.8 Å². The lowest BCUT2D eigenvalue weighted by molar-refractivity contribution is 0.0697. The Labute approximate surface area is 113 Å². The predicted molar refractivity (Wildman–Crippen MR) is 68.8 cm³/mol. The molecule has 1 aromatic heterocycles. The standard InChI is InChI=1S/C14H8N2O4/c17-12-8-3-1-2-4-9(8)13(18)16(12)11-5-6-15-7-10(11)14(19)20/h1-7H,(H,19,20). The number of fused-ring (bicyclic) bond motifs is 1. The number of aromatic carboxylic acids is 1. The zero-order valence-electron chi connectivity index (χ0n) is 10.1. The molecule has 1 aliphatic rings. The second kappa shape index (κ2) is 4.27. The number of carbonyl (C=O) groups is 3. The van der Waals surface area contributed by atoms with Gasteiger partial charge in [0, 0.05) is 12.4 Å². The molecule has 2 heterocycles. The molecule has 1 N–H and O–H groups in total. The van der Waals surface area contributed by atoms with Crippen molar-refractivity contribution in [2.45, 2.75) is 0 Å². The van der Waals surface area contributed by atoms with Crippen LogP contribution < -0.4 is 4.90 Å². The second-order valence-electron chi connectivity index (χ2n) is 4.19. The van der Waals surface area contributed by atoms with Crippen LogP contribution in [0.4, 0.5) is 5.69 Å². The van der Waals surface area contributed by atoms with Gasteiger partial charge >= 0.3 is 5.97 Å². The second-order valence-corrected chi connectivity index (χ2v) is 4.19. The van der Waals surface area contributed by atoms with Gasteiger partial charge in [-0.05, 0) is 18.2 Å². The largest absolute Gasteiger partial charge is 0.478 e. The lowest BCUT2D eigenvalue weighted by Gasteiger charge is -2.15. The van der Waals surface area contributed by atoms with Crippen molar-refractivity contribution >= 4 is 23.5 Å². The summed E-state index contributed by atoms with van der Waals surface area (Å²) >= 11 is 0. The molecule has 6 heteroatoms. The Balaban J connectivity index is 2.17. The minimum Gasteiger partial charge on any atom is -0.478 e. The van der Waals surface area contributed by atoms with E-state index in [4.69, 9.17) is 5.11 Å². The molecule has 0 aliphatic carbocycles. The van der Waals surface area contributed by atoms with E-state index in [1.54, 1.807) is 12.1 Å². The van der Waals surface area contributed by atoms with Gasteiger partial charge in [0.05, 0.1) is 16.8 Å². The van der Waals surface area contributed by atoms with Gasteiger partial charge in [-0.1, -0.05) is 12.1 Å². The number of carbonyl (C=O) groups excluding carboxylic acids is 2. The topological polar surface area (TPSA) is 87.6 Å². The monoisotopic (exact) mass is 268 g/mol. The lowest BCUT2D eigenvalue weighted by atomic mass is 10.1. The number of imide groups is 1. The molecule has 0 bridgehead atoms. The van der Waals surface area contributed by atoms with Crippen LogP contribution in [0.5, 0.6) is 0 Å². The van der Waals surface area contributed by atoms with E-state index in [1.807, 2.05) is 0 Å². The summed E-state index contributed by atoms with van der Waals surface area (Å²) in [4.78, 5) is 40.3. The van der Waals surface area contributed by atoms with E-state index in [2.05, 4.69) is 4.98 Å². The number of rotatable bonds is 2. The fourth-order valence-electron chi connectivity index (χ4n) is 2.15. The summed E-state index contributed by atoms with van der Waals surface area (Å²) in [6.45, 7) is 0. The van der Waals surface area contributed by atoms with Crippen LogP contribution in [-0.2, 0) is 0 Å². The van der Waals surface area contributed by atoms with Crippen LogP contribution >= 0.6 is 0 Å². The summed E-state index contributed by atoms with van der Waals surface area (Å²) in [6.07, 6.45) is 2.45. The number of pyridine rings is 1. The van der Waals surface area contributed by atoms with Crippen molar-refractivity contribution in [3.05, 3.63) is 59.4 Å². The summed E-state index contributed by atoms with van der Waals surface area (Å²) in [5.74, 6) is -2.30. The minimum atomic E-state index is -1.25. The average molecular weight is 268 g/mol. The van der Waals surface area contributed by atoms with E-state index in [0.29, 0.717) is 0 Å². The first kappa shape index (κ1) is 12.0. The Hall–Kier alpha value is -3.02. The smallest absolute Gasteiger partial charge is 0.339 e. The highest BCUT2D eigenvalue weighted by molar-refractivity contribution is 6.35. The van der Waals surface area contributed by atoms with Gasteiger partial charge < -0.3 is 5.11 Å². The predicted octanol–water partition coefficient (Wildman–Crippen LogP) is 1.58. The number of carboxylic acids is 1. The minimum absolute atomic E-state index is 0.0266. The molecule has 0 saturated heterocycles.